The highest BCUT2D eigenvalue weighted by molar-refractivity contribution is 7.92. The first kappa shape index (κ1) is 22.6. The lowest BCUT2D eigenvalue weighted by Crippen LogP contribution is -2.16. The molecular weight excluding hydrogens is 459 g/mol. The summed E-state index contributed by atoms with van der Waals surface area (Å²) in [6, 6.07) is 8.20. The van der Waals surface area contributed by atoms with Crippen molar-refractivity contribution in [1.29, 1.82) is 0 Å². The smallest absolute Gasteiger partial charge is 0.261 e. The van der Waals surface area contributed by atoms with E-state index in [4.69, 9.17) is 4.74 Å². The number of sulfonamides is 1. The van der Waals surface area contributed by atoms with Crippen LogP contribution in [0.5, 0.6) is 5.75 Å². The maximum atomic E-state index is 15.3. The molecule has 1 unspecified atom stereocenters. The van der Waals surface area contributed by atoms with Crippen molar-refractivity contribution in [3.05, 3.63) is 83.2 Å². The van der Waals surface area contributed by atoms with Crippen LogP contribution in [0.3, 0.4) is 0 Å². The molecule has 0 fully saturated rings. The van der Waals surface area contributed by atoms with E-state index >= 15 is 4.39 Å². The van der Waals surface area contributed by atoms with Crippen molar-refractivity contribution in [3.8, 4) is 5.75 Å². The molecule has 0 amide bonds. The summed E-state index contributed by atoms with van der Waals surface area (Å²) in [6.45, 7) is -0.767. The Kier molecular flexibility index (Phi) is 6.00. The standard InChI is InChI=1S/C22H18F3N3O4S/c1-32-13-8-15-16(11-27-22(15)26-10-13)21(29)19-17(24)6-7-18(20(19)25)28-33(30,31)14-4-2-12(9-23)3-5-14/h2-8,10-11,21,28-29H,9H2,1H3,(H,26,27). The van der Waals surface area contributed by atoms with Crippen LogP contribution in [0.2, 0.25) is 0 Å². The number of aromatic nitrogens is 2. The molecule has 0 bridgehead atoms. The van der Waals surface area contributed by atoms with Gasteiger partial charge in [-0.15, -0.1) is 0 Å². The average Bonchev–Trinajstić information content (AvgIpc) is 3.24. The predicted octanol–water partition coefficient (Wildman–Crippen LogP) is 4.20. The molecule has 3 N–H and O–H groups in total. The summed E-state index contributed by atoms with van der Waals surface area (Å²) in [7, 11) is -2.84. The average molecular weight is 477 g/mol. The second kappa shape index (κ2) is 8.75. The molecule has 4 rings (SSSR count). The van der Waals surface area contributed by atoms with Gasteiger partial charge in [-0.2, -0.15) is 0 Å². The first-order chi connectivity index (χ1) is 15.7. The van der Waals surface area contributed by atoms with Crippen molar-refractivity contribution in [2.45, 2.75) is 17.7 Å². The van der Waals surface area contributed by atoms with E-state index in [1.54, 1.807) is 6.07 Å². The van der Waals surface area contributed by atoms with Crippen LogP contribution in [0.4, 0.5) is 18.9 Å². The molecule has 0 spiro atoms. The van der Waals surface area contributed by atoms with E-state index in [0.717, 1.165) is 12.1 Å². The number of halogens is 3. The number of alkyl halides is 1. The molecule has 2 aromatic carbocycles. The van der Waals surface area contributed by atoms with Crippen molar-refractivity contribution >= 4 is 26.7 Å². The molecule has 33 heavy (non-hydrogen) atoms. The number of H-pyrrole nitrogens is 1. The van der Waals surface area contributed by atoms with Gasteiger partial charge in [0.25, 0.3) is 10.0 Å². The highest BCUT2D eigenvalue weighted by Crippen LogP contribution is 2.35. The van der Waals surface area contributed by atoms with E-state index < -0.39 is 45.7 Å². The van der Waals surface area contributed by atoms with Crippen LogP contribution in [-0.2, 0) is 16.7 Å². The van der Waals surface area contributed by atoms with Crippen molar-refractivity contribution in [2.75, 3.05) is 11.8 Å². The number of ether oxygens (including phenoxy) is 1. The number of nitrogens with one attached hydrogen (secondary N) is 2. The highest BCUT2D eigenvalue weighted by atomic mass is 32.2. The van der Waals surface area contributed by atoms with Crippen LogP contribution in [0, 0.1) is 11.6 Å². The lowest BCUT2D eigenvalue weighted by atomic mass is 10.00. The van der Waals surface area contributed by atoms with Gasteiger partial charge in [0, 0.05) is 17.1 Å². The fraction of sp³-hybridized carbons (Fsp3) is 0.136. The number of methoxy groups -OCH3 is 1. The fourth-order valence-corrected chi connectivity index (χ4v) is 4.42. The summed E-state index contributed by atoms with van der Waals surface area (Å²) in [6.07, 6.45) is 1.01. The molecule has 2 aromatic heterocycles. The van der Waals surface area contributed by atoms with Crippen molar-refractivity contribution in [1.82, 2.24) is 9.97 Å². The predicted molar refractivity (Wildman–Crippen MR) is 115 cm³/mol. The molecule has 1 atom stereocenters. The Balaban J connectivity index is 1.73. The molecule has 0 radical (unpaired) electrons. The van der Waals surface area contributed by atoms with Crippen LogP contribution in [0.25, 0.3) is 11.0 Å². The van der Waals surface area contributed by atoms with Gasteiger partial charge in [-0.05, 0) is 35.9 Å². The number of fused-ring (bicyclic) bond motifs is 1. The Labute approximate surface area is 186 Å². The summed E-state index contributed by atoms with van der Waals surface area (Å²) < 4.78 is 75.0. The molecule has 0 aliphatic carbocycles. The third-order valence-corrected chi connectivity index (χ3v) is 6.48. The second-order valence-electron chi connectivity index (χ2n) is 7.12. The minimum Gasteiger partial charge on any atom is -0.495 e. The van der Waals surface area contributed by atoms with E-state index in [2.05, 4.69) is 9.97 Å². The molecule has 7 nitrogen and oxygen atoms in total. The van der Waals surface area contributed by atoms with E-state index in [-0.39, 0.29) is 16.0 Å². The monoisotopic (exact) mass is 477 g/mol. The van der Waals surface area contributed by atoms with E-state index in [0.29, 0.717) is 16.8 Å². The van der Waals surface area contributed by atoms with E-state index in [9.17, 15) is 22.3 Å². The van der Waals surface area contributed by atoms with Gasteiger partial charge in [-0.25, -0.2) is 26.6 Å². The van der Waals surface area contributed by atoms with E-state index in [1.165, 1.54) is 43.8 Å². The number of nitrogens with zero attached hydrogens (tertiary/aromatic N) is 1. The van der Waals surface area contributed by atoms with Crippen molar-refractivity contribution in [2.24, 2.45) is 0 Å². The van der Waals surface area contributed by atoms with Crippen molar-refractivity contribution < 1.29 is 31.4 Å². The summed E-state index contributed by atoms with van der Waals surface area (Å²) in [4.78, 5) is 6.68. The lowest BCUT2D eigenvalue weighted by Gasteiger charge is -2.16. The molecule has 172 valence electrons. The number of aliphatic hydroxyl groups excluding tert-OH is 1. The van der Waals surface area contributed by atoms with Crippen LogP contribution < -0.4 is 9.46 Å². The number of rotatable bonds is 7. The lowest BCUT2D eigenvalue weighted by molar-refractivity contribution is 0.211. The van der Waals surface area contributed by atoms with Gasteiger partial charge in [0.15, 0.2) is 5.82 Å². The van der Waals surface area contributed by atoms with Crippen LogP contribution in [-0.4, -0.2) is 30.6 Å². The minimum atomic E-state index is -4.26. The Morgan fingerprint density at radius 2 is 1.91 bits per heavy atom. The molecule has 0 aliphatic heterocycles. The van der Waals surface area contributed by atoms with Gasteiger partial charge >= 0.3 is 0 Å². The van der Waals surface area contributed by atoms with Gasteiger partial charge in [0.1, 0.15) is 30.0 Å². The SMILES string of the molecule is COc1cnc2[nH]cc(C(O)c3c(F)ccc(NS(=O)(=O)c4ccc(CF)cc4)c3F)c2c1. The third-order valence-electron chi connectivity index (χ3n) is 5.10. The Morgan fingerprint density at radius 3 is 2.58 bits per heavy atom. The molecule has 0 saturated carbocycles. The van der Waals surface area contributed by atoms with Gasteiger partial charge in [-0.1, -0.05) is 12.1 Å². The van der Waals surface area contributed by atoms with Crippen LogP contribution in [0.1, 0.15) is 22.8 Å². The van der Waals surface area contributed by atoms with Gasteiger partial charge in [0.05, 0.1) is 29.5 Å². The number of anilines is 1. The topological polar surface area (TPSA) is 104 Å². The first-order valence-corrected chi connectivity index (χ1v) is 11.1. The minimum absolute atomic E-state index is 0.121. The third kappa shape index (κ3) is 4.24. The molecule has 0 saturated heterocycles. The number of aliphatic hydroxyl groups is 1. The Bertz CT molecular complexity index is 1420. The molecule has 2 heterocycles. The fourth-order valence-electron chi connectivity index (χ4n) is 3.36. The Hall–Kier alpha value is -3.57. The highest BCUT2D eigenvalue weighted by Gasteiger charge is 2.27. The largest absolute Gasteiger partial charge is 0.495 e. The van der Waals surface area contributed by atoms with Gasteiger partial charge in [-0.3, -0.25) is 4.72 Å². The molecule has 0 aliphatic rings. The first-order valence-electron chi connectivity index (χ1n) is 9.60. The summed E-state index contributed by atoms with van der Waals surface area (Å²) >= 11 is 0. The van der Waals surface area contributed by atoms with Gasteiger partial charge < -0.3 is 14.8 Å². The summed E-state index contributed by atoms with van der Waals surface area (Å²) in [5, 5.41) is 11.2. The van der Waals surface area contributed by atoms with Gasteiger partial charge in [0.2, 0.25) is 0 Å². The number of benzene rings is 2. The van der Waals surface area contributed by atoms with Crippen molar-refractivity contribution in [3.63, 3.8) is 0 Å². The zero-order valence-corrected chi connectivity index (χ0v) is 18.0. The molecule has 11 heteroatoms. The van der Waals surface area contributed by atoms with E-state index in [1.807, 2.05) is 4.72 Å². The zero-order chi connectivity index (χ0) is 23.8. The number of hydrogen-bond donors (Lipinski definition) is 3. The summed E-state index contributed by atoms with van der Waals surface area (Å²) in [5.41, 5.74) is -0.547. The molecular formula is C22H18F3N3O4S. The zero-order valence-electron chi connectivity index (χ0n) is 17.1. The van der Waals surface area contributed by atoms with Crippen LogP contribution >= 0.6 is 0 Å². The number of aromatic amines is 1. The summed E-state index contributed by atoms with van der Waals surface area (Å²) in [5.74, 6) is -1.98. The molecule has 4 aromatic rings. The number of pyridine rings is 1. The Morgan fingerprint density at radius 1 is 1.18 bits per heavy atom. The van der Waals surface area contributed by atoms with Crippen LogP contribution in [0.15, 0.2) is 59.8 Å². The maximum Gasteiger partial charge on any atom is 0.261 e. The second-order valence-corrected chi connectivity index (χ2v) is 8.81. The maximum absolute atomic E-state index is 15.3. The number of hydrogen-bond acceptors (Lipinski definition) is 5. The quantitative estimate of drug-likeness (QED) is 0.370. The normalized spacial score (nSPS) is 12.6.